The van der Waals surface area contributed by atoms with Crippen LogP contribution in [-0.2, 0) is 9.59 Å². The first-order valence-electron chi connectivity index (χ1n) is 7.30. The van der Waals surface area contributed by atoms with Crippen molar-refractivity contribution in [3.05, 3.63) is 35.9 Å². The molecule has 2 amide bonds. The van der Waals surface area contributed by atoms with Gasteiger partial charge in [0.25, 0.3) is 0 Å². The van der Waals surface area contributed by atoms with Crippen LogP contribution >= 0.6 is 0 Å². The maximum absolute atomic E-state index is 12.0. The fourth-order valence-corrected chi connectivity index (χ4v) is 2.83. The van der Waals surface area contributed by atoms with E-state index in [1.165, 1.54) is 25.7 Å². The van der Waals surface area contributed by atoms with Gasteiger partial charge in [-0.25, -0.2) is 0 Å². The van der Waals surface area contributed by atoms with Gasteiger partial charge in [0, 0.05) is 6.42 Å². The Hall–Kier alpha value is -1.84. The van der Waals surface area contributed by atoms with E-state index in [9.17, 15) is 9.59 Å². The predicted molar refractivity (Wildman–Crippen MR) is 77.7 cm³/mol. The zero-order valence-corrected chi connectivity index (χ0v) is 11.7. The fraction of sp³-hybridized carbons (Fsp3) is 0.500. The van der Waals surface area contributed by atoms with Gasteiger partial charge in [-0.3, -0.25) is 9.59 Å². The first kappa shape index (κ1) is 14.6. The molecule has 1 fully saturated rings. The third kappa shape index (κ3) is 4.08. The maximum Gasteiger partial charge on any atom is 0.244 e. The SMILES string of the molecule is NC(=O)[C@H](NC(=O)CCC1CCCC1)c1ccccc1. The summed E-state index contributed by atoms with van der Waals surface area (Å²) in [7, 11) is 0. The van der Waals surface area contributed by atoms with Gasteiger partial charge in [0.15, 0.2) is 0 Å². The predicted octanol–water partition coefficient (Wildman–Crippen LogP) is 2.30. The molecule has 0 bridgehead atoms. The Morgan fingerprint density at radius 1 is 1.20 bits per heavy atom. The smallest absolute Gasteiger partial charge is 0.244 e. The molecule has 4 heteroatoms. The average molecular weight is 274 g/mol. The lowest BCUT2D eigenvalue weighted by atomic mass is 10.0. The Morgan fingerprint density at radius 2 is 1.85 bits per heavy atom. The van der Waals surface area contributed by atoms with Crippen LogP contribution in [0.3, 0.4) is 0 Å². The molecule has 108 valence electrons. The number of benzene rings is 1. The van der Waals surface area contributed by atoms with Crippen molar-refractivity contribution in [2.75, 3.05) is 0 Å². The minimum absolute atomic E-state index is 0.0930. The summed E-state index contributed by atoms with van der Waals surface area (Å²) in [5.41, 5.74) is 6.11. The molecular weight excluding hydrogens is 252 g/mol. The summed E-state index contributed by atoms with van der Waals surface area (Å²) in [4.78, 5) is 23.5. The van der Waals surface area contributed by atoms with Crippen molar-refractivity contribution in [3.63, 3.8) is 0 Å². The van der Waals surface area contributed by atoms with Crippen LogP contribution in [-0.4, -0.2) is 11.8 Å². The molecule has 1 atom stereocenters. The molecule has 0 unspecified atom stereocenters. The Kier molecular flexibility index (Phi) is 5.16. The molecule has 1 aromatic carbocycles. The third-order valence-corrected chi connectivity index (χ3v) is 3.98. The Labute approximate surface area is 119 Å². The first-order chi connectivity index (χ1) is 9.66. The Bertz CT molecular complexity index is 453. The van der Waals surface area contributed by atoms with Crippen molar-refractivity contribution in [2.45, 2.75) is 44.6 Å². The first-order valence-corrected chi connectivity index (χ1v) is 7.30. The lowest BCUT2D eigenvalue weighted by Crippen LogP contribution is -2.37. The van der Waals surface area contributed by atoms with Gasteiger partial charge in [-0.05, 0) is 17.9 Å². The molecule has 1 saturated carbocycles. The molecule has 2 rings (SSSR count). The molecule has 1 aliphatic carbocycles. The van der Waals surface area contributed by atoms with Crippen LogP contribution < -0.4 is 11.1 Å². The number of nitrogens with two attached hydrogens (primary N) is 1. The molecule has 0 saturated heterocycles. The normalized spacial score (nSPS) is 16.8. The Balaban J connectivity index is 1.87. The van der Waals surface area contributed by atoms with Crippen LogP contribution in [0.5, 0.6) is 0 Å². The highest BCUT2D eigenvalue weighted by atomic mass is 16.2. The highest BCUT2D eigenvalue weighted by molar-refractivity contribution is 5.87. The van der Waals surface area contributed by atoms with Gasteiger partial charge in [-0.1, -0.05) is 56.0 Å². The van der Waals surface area contributed by atoms with Gasteiger partial charge < -0.3 is 11.1 Å². The quantitative estimate of drug-likeness (QED) is 0.835. The highest BCUT2D eigenvalue weighted by Gasteiger charge is 2.21. The second-order valence-electron chi connectivity index (χ2n) is 5.50. The van der Waals surface area contributed by atoms with Crippen molar-refractivity contribution in [3.8, 4) is 0 Å². The van der Waals surface area contributed by atoms with E-state index in [4.69, 9.17) is 5.73 Å². The summed E-state index contributed by atoms with van der Waals surface area (Å²) in [6, 6.07) is 8.39. The van der Waals surface area contributed by atoms with Crippen molar-refractivity contribution in [1.82, 2.24) is 5.32 Å². The summed E-state index contributed by atoms with van der Waals surface area (Å²) < 4.78 is 0. The number of nitrogens with one attached hydrogen (secondary N) is 1. The van der Waals surface area contributed by atoms with E-state index in [0.717, 1.165) is 12.0 Å². The highest BCUT2D eigenvalue weighted by Crippen LogP contribution is 2.28. The number of rotatable bonds is 6. The van der Waals surface area contributed by atoms with E-state index in [1.807, 2.05) is 18.2 Å². The second-order valence-corrected chi connectivity index (χ2v) is 5.50. The van der Waals surface area contributed by atoms with Crippen LogP contribution in [0.2, 0.25) is 0 Å². The lowest BCUT2D eigenvalue weighted by Gasteiger charge is -2.16. The molecule has 0 aliphatic heterocycles. The molecule has 4 nitrogen and oxygen atoms in total. The molecule has 3 N–H and O–H groups in total. The minimum Gasteiger partial charge on any atom is -0.368 e. The molecule has 0 heterocycles. The van der Waals surface area contributed by atoms with Crippen molar-refractivity contribution in [2.24, 2.45) is 11.7 Å². The van der Waals surface area contributed by atoms with Gasteiger partial charge >= 0.3 is 0 Å². The van der Waals surface area contributed by atoms with E-state index >= 15 is 0 Å². The van der Waals surface area contributed by atoms with Gasteiger partial charge in [0.2, 0.25) is 11.8 Å². The summed E-state index contributed by atoms with van der Waals surface area (Å²) in [6.45, 7) is 0. The summed E-state index contributed by atoms with van der Waals surface area (Å²) in [5, 5.41) is 2.74. The summed E-state index contributed by atoms with van der Waals surface area (Å²) in [5.74, 6) is 0.0551. The van der Waals surface area contributed by atoms with Gasteiger partial charge in [-0.15, -0.1) is 0 Å². The second kappa shape index (κ2) is 7.08. The van der Waals surface area contributed by atoms with E-state index in [-0.39, 0.29) is 5.91 Å². The number of hydrogen-bond acceptors (Lipinski definition) is 2. The average Bonchev–Trinajstić information content (AvgIpc) is 2.96. The monoisotopic (exact) mass is 274 g/mol. The van der Waals surface area contributed by atoms with Crippen LogP contribution in [0.4, 0.5) is 0 Å². The largest absolute Gasteiger partial charge is 0.368 e. The molecule has 20 heavy (non-hydrogen) atoms. The van der Waals surface area contributed by atoms with Crippen LogP contribution in [0.15, 0.2) is 30.3 Å². The van der Waals surface area contributed by atoms with Gasteiger partial charge in [0.1, 0.15) is 6.04 Å². The number of carbonyl (C=O) groups is 2. The van der Waals surface area contributed by atoms with Crippen molar-refractivity contribution < 1.29 is 9.59 Å². The lowest BCUT2D eigenvalue weighted by molar-refractivity contribution is -0.127. The molecular formula is C16H22N2O2. The molecule has 0 aromatic heterocycles. The molecule has 1 aromatic rings. The zero-order chi connectivity index (χ0) is 14.4. The topological polar surface area (TPSA) is 72.2 Å². The minimum atomic E-state index is -0.729. The van der Waals surface area contributed by atoms with Gasteiger partial charge in [-0.2, -0.15) is 0 Å². The zero-order valence-electron chi connectivity index (χ0n) is 11.7. The van der Waals surface area contributed by atoms with Crippen molar-refractivity contribution >= 4 is 11.8 Å². The van der Waals surface area contributed by atoms with E-state index in [2.05, 4.69) is 5.32 Å². The van der Waals surface area contributed by atoms with Crippen molar-refractivity contribution in [1.29, 1.82) is 0 Å². The summed E-state index contributed by atoms with van der Waals surface area (Å²) >= 11 is 0. The molecule has 0 radical (unpaired) electrons. The van der Waals surface area contributed by atoms with Crippen LogP contribution in [0.1, 0.15) is 50.1 Å². The van der Waals surface area contributed by atoms with Crippen LogP contribution in [0.25, 0.3) is 0 Å². The number of carbonyl (C=O) groups excluding carboxylic acids is 2. The van der Waals surface area contributed by atoms with Gasteiger partial charge in [0.05, 0.1) is 0 Å². The van der Waals surface area contributed by atoms with E-state index in [1.54, 1.807) is 12.1 Å². The number of hydrogen-bond donors (Lipinski definition) is 2. The Morgan fingerprint density at radius 3 is 2.45 bits per heavy atom. The number of amides is 2. The van der Waals surface area contributed by atoms with E-state index < -0.39 is 11.9 Å². The maximum atomic E-state index is 12.0. The van der Waals surface area contributed by atoms with Crippen LogP contribution in [0, 0.1) is 5.92 Å². The fourth-order valence-electron chi connectivity index (χ4n) is 2.83. The molecule has 0 spiro atoms. The van der Waals surface area contributed by atoms with E-state index in [0.29, 0.717) is 12.3 Å². The molecule has 1 aliphatic rings. The third-order valence-electron chi connectivity index (χ3n) is 3.98. The summed E-state index contributed by atoms with van der Waals surface area (Å²) in [6.07, 6.45) is 6.39. The number of primary amides is 1. The standard InChI is InChI=1S/C16H22N2O2/c17-16(20)15(13-8-2-1-3-9-13)18-14(19)11-10-12-6-4-5-7-12/h1-3,8-9,12,15H,4-7,10-11H2,(H2,17,20)(H,18,19)/t15-/m1/s1.